The van der Waals surface area contributed by atoms with Crippen LogP contribution in [0.2, 0.25) is 0 Å². The van der Waals surface area contributed by atoms with Crippen molar-refractivity contribution in [3.8, 4) is 11.5 Å². The van der Waals surface area contributed by atoms with Crippen molar-refractivity contribution in [2.24, 2.45) is 17.8 Å². The van der Waals surface area contributed by atoms with Crippen LogP contribution in [0, 0.1) is 17.8 Å². The Kier molecular flexibility index (Phi) is 6.24. The van der Waals surface area contributed by atoms with Gasteiger partial charge in [-0.25, -0.2) is 9.59 Å². The first-order valence-corrected chi connectivity index (χ1v) is 9.70. The van der Waals surface area contributed by atoms with Crippen LogP contribution >= 0.6 is 0 Å². The summed E-state index contributed by atoms with van der Waals surface area (Å²) in [6, 6.07) is 4.83. The molecule has 1 fully saturated rings. The standard InChI is InChI=1S/C21H28O6/c1-13(2)16-6-4-14(3)10-18(16)27-20(22)12-26-21(23)15-5-7-17-19(11-15)25-9-8-24-17/h5,7,11,13-14,16,18H,4,6,8-10,12H2,1-3H3/t14-,16-,18-/m0/s1. The lowest BCUT2D eigenvalue weighted by Crippen LogP contribution is -2.36. The van der Waals surface area contributed by atoms with Crippen molar-refractivity contribution < 1.29 is 28.5 Å². The lowest BCUT2D eigenvalue weighted by molar-refractivity contribution is -0.159. The molecule has 1 saturated carbocycles. The molecule has 0 N–H and O–H groups in total. The third kappa shape index (κ3) is 4.93. The minimum Gasteiger partial charge on any atom is -0.486 e. The second kappa shape index (κ2) is 8.63. The van der Waals surface area contributed by atoms with Gasteiger partial charge in [0.05, 0.1) is 5.56 Å². The molecule has 0 amide bonds. The molecule has 0 saturated heterocycles. The molecule has 0 aromatic heterocycles. The largest absolute Gasteiger partial charge is 0.486 e. The Bertz CT molecular complexity index is 683. The summed E-state index contributed by atoms with van der Waals surface area (Å²) in [5.74, 6) is 1.39. The predicted molar refractivity (Wildman–Crippen MR) is 98.9 cm³/mol. The topological polar surface area (TPSA) is 71.1 Å². The first kappa shape index (κ1) is 19.5. The van der Waals surface area contributed by atoms with E-state index < -0.39 is 11.9 Å². The van der Waals surface area contributed by atoms with Gasteiger partial charge in [-0.2, -0.15) is 0 Å². The smallest absolute Gasteiger partial charge is 0.344 e. The number of fused-ring (bicyclic) bond motifs is 1. The van der Waals surface area contributed by atoms with E-state index in [9.17, 15) is 9.59 Å². The first-order valence-electron chi connectivity index (χ1n) is 9.70. The molecule has 1 aromatic carbocycles. The zero-order valence-corrected chi connectivity index (χ0v) is 16.2. The van der Waals surface area contributed by atoms with Gasteiger partial charge in [0.1, 0.15) is 19.3 Å². The Morgan fingerprint density at radius 1 is 1.15 bits per heavy atom. The van der Waals surface area contributed by atoms with Crippen LogP contribution in [0.1, 0.15) is 50.4 Å². The van der Waals surface area contributed by atoms with E-state index in [0.717, 1.165) is 19.3 Å². The van der Waals surface area contributed by atoms with E-state index >= 15 is 0 Å². The fourth-order valence-corrected chi connectivity index (χ4v) is 3.83. The Morgan fingerprint density at radius 2 is 1.89 bits per heavy atom. The molecule has 3 atom stereocenters. The fourth-order valence-electron chi connectivity index (χ4n) is 3.83. The van der Waals surface area contributed by atoms with Crippen LogP contribution in [0.25, 0.3) is 0 Å². The maximum atomic E-state index is 12.2. The molecule has 0 bridgehead atoms. The van der Waals surface area contributed by atoms with E-state index in [-0.39, 0.29) is 12.7 Å². The number of hydrogen-bond acceptors (Lipinski definition) is 6. The summed E-state index contributed by atoms with van der Waals surface area (Å²) < 4.78 is 21.7. The summed E-state index contributed by atoms with van der Waals surface area (Å²) in [6.45, 7) is 7.03. The quantitative estimate of drug-likeness (QED) is 0.731. The van der Waals surface area contributed by atoms with Gasteiger partial charge in [-0.05, 0) is 48.8 Å². The highest BCUT2D eigenvalue weighted by Crippen LogP contribution is 2.35. The summed E-state index contributed by atoms with van der Waals surface area (Å²) in [5.41, 5.74) is 0.318. The van der Waals surface area contributed by atoms with Crippen LogP contribution in [0.4, 0.5) is 0 Å². The van der Waals surface area contributed by atoms with Crippen molar-refractivity contribution in [1.29, 1.82) is 0 Å². The molecule has 1 aliphatic heterocycles. The monoisotopic (exact) mass is 376 g/mol. The van der Waals surface area contributed by atoms with Crippen LogP contribution in [-0.4, -0.2) is 37.9 Å². The van der Waals surface area contributed by atoms with Crippen LogP contribution in [0.15, 0.2) is 18.2 Å². The number of benzene rings is 1. The highest BCUT2D eigenvalue weighted by Gasteiger charge is 2.33. The molecule has 27 heavy (non-hydrogen) atoms. The maximum absolute atomic E-state index is 12.2. The molecular weight excluding hydrogens is 348 g/mol. The summed E-state index contributed by atoms with van der Waals surface area (Å²) in [7, 11) is 0. The maximum Gasteiger partial charge on any atom is 0.344 e. The number of carbonyl (C=O) groups excluding carboxylic acids is 2. The van der Waals surface area contributed by atoms with Crippen molar-refractivity contribution in [3.63, 3.8) is 0 Å². The lowest BCUT2D eigenvalue weighted by atomic mass is 9.75. The van der Waals surface area contributed by atoms with E-state index in [2.05, 4.69) is 20.8 Å². The molecule has 2 aliphatic rings. The number of hydrogen-bond donors (Lipinski definition) is 0. The average molecular weight is 376 g/mol. The third-order valence-corrected chi connectivity index (χ3v) is 5.34. The Labute approximate surface area is 160 Å². The van der Waals surface area contributed by atoms with E-state index in [4.69, 9.17) is 18.9 Å². The minimum atomic E-state index is -0.582. The number of esters is 2. The van der Waals surface area contributed by atoms with Gasteiger partial charge in [0.2, 0.25) is 0 Å². The van der Waals surface area contributed by atoms with E-state index in [0.29, 0.717) is 48.0 Å². The second-order valence-electron chi connectivity index (χ2n) is 7.79. The van der Waals surface area contributed by atoms with E-state index in [1.165, 1.54) is 0 Å². The Balaban J connectivity index is 1.53. The number of rotatable bonds is 5. The highest BCUT2D eigenvalue weighted by molar-refractivity contribution is 5.91. The van der Waals surface area contributed by atoms with E-state index in [1.54, 1.807) is 18.2 Å². The fraction of sp³-hybridized carbons (Fsp3) is 0.619. The van der Waals surface area contributed by atoms with Crippen molar-refractivity contribution in [3.05, 3.63) is 23.8 Å². The molecular formula is C21H28O6. The van der Waals surface area contributed by atoms with Crippen LogP contribution in [-0.2, 0) is 14.3 Å². The van der Waals surface area contributed by atoms with Crippen LogP contribution < -0.4 is 9.47 Å². The summed E-state index contributed by atoms with van der Waals surface area (Å²) in [6.07, 6.45) is 2.99. The lowest BCUT2D eigenvalue weighted by Gasteiger charge is -2.36. The zero-order chi connectivity index (χ0) is 19.4. The molecule has 0 radical (unpaired) electrons. The van der Waals surface area contributed by atoms with Crippen molar-refractivity contribution in [2.45, 2.75) is 46.1 Å². The number of ether oxygens (including phenoxy) is 4. The van der Waals surface area contributed by atoms with Gasteiger partial charge in [-0.15, -0.1) is 0 Å². The molecule has 0 unspecified atom stereocenters. The van der Waals surface area contributed by atoms with Gasteiger partial charge in [0.25, 0.3) is 0 Å². The average Bonchev–Trinajstić information content (AvgIpc) is 2.65. The van der Waals surface area contributed by atoms with Gasteiger partial charge in [-0.3, -0.25) is 0 Å². The van der Waals surface area contributed by atoms with Crippen molar-refractivity contribution in [1.82, 2.24) is 0 Å². The predicted octanol–water partition coefficient (Wildman–Crippen LogP) is 3.62. The highest BCUT2D eigenvalue weighted by atomic mass is 16.6. The molecule has 1 heterocycles. The van der Waals surface area contributed by atoms with Gasteiger partial charge in [-0.1, -0.05) is 27.2 Å². The normalized spacial score (nSPS) is 24.4. The summed E-state index contributed by atoms with van der Waals surface area (Å²) >= 11 is 0. The van der Waals surface area contributed by atoms with Gasteiger partial charge in [0.15, 0.2) is 18.1 Å². The van der Waals surface area contributed by atoms with Crippen molar-refractivity contribution in [2.75, 3.05) is 19.8 Å². The zero-order valence-electron chi connectivity index (χ0n) is 16.2. The molecule has 148 valence electrons. The molecule has 1 aliphatic carbocycles. The SMILES string of the molecule is CC(C)[C@@H]1CC[C@H](C)C[C@@H]1OC(=O)COC(=O)c1ccc2c(c1)OCCO2. The van der Waals surface area contributed by atoms with Crippen molar-refractivity contribution >= 4 is 11.9 Å². The minimum absolute atomic E-state index is 0.103. The molecule has 6 heteroatoms. The summed E-state index contributed by atoms with van der Waals surface area (Å²) in [4.78, 5) is 24.4. The van der Waals surface area contributed by atoms with Gasteiger partial charge >= 0.3 is 11.9 Å². The van der Waals surface area contributed by atoms with Crippen LogP contribution in [0.5, 0.6) is 11.5 Å². The molecule has 3 rings (SSSR count). The molecule has 0 spiro atoms. The van der Waals surface area contributed by atoms with E-state index in [1.807, 2.05) is 0 Å². The Hall–Kier alpha value is -2.24. The number of carbonyl (C=O) groups is 2. The van der Waals surface area contributed by atoms with Gasteiger partial charge < -0.3 is 18.9 Å². The summed E-state index contributed by atoms with van der Waals surface area (Å²) in [5, 5.41) is 0. The second-order valence-corrected chi connectivity index (χ2v) is 7.79. The Morgan fingerprint density at radius 3 is 2.63 bits per heavy atom. The van der Waals surface area contributed by atoms with Crippen LogP contribution in [0.3, 0.4) is 0 Å². The first-order chi connectivity index (χ1) is 12.9. The van der Waals surface area contributed by atoms with Gasteiger partial charge in [0, 0.05) is 0 Å². The molecule has 6 nitrogen and oxygen atoms in total. The molecule has 1 aromatic rings. The third-order valence-electron chi connectivity index (χ3n) is 5.34.